The van der Waals surface area contributed by atoms with Crippen LogP contribution in [0.3, 0.4) is 0 Å². The topological polar surface area (TPSA) is 65.7 Å². The number of nitrogens with two attached hydrogens (primary N) is 1. The number of nitrogens with zero attached hydrogens (tertiary/aromatic N) is 4. The first-order chi connectivity index (χ1) is 11.1. The lowest BCUT2D eigenvalue weighted by Gasteiger charge is -2.35. The molecule has 0 saturated carbocycles. The Balaban J connectivity index is 1.47. The molecule has 1 amide bonds. The molecule has 3 heterocycles. The zero-order chi connectivity index (χ0) is 16.3. The molecule has 23 heavy (non-hydrogen) atoms. The number of piperazine rings is 1. The normalized spacial score (nSPS) is 25.8. The maximum absolute atomic E-state index is 12.5. The summed E-state index contributed by atoms with van der Waals surface area (Å²) in [6.07, 6.45) is 2.84. The molecule has 6 heteroatoms. The van der Waals surface area contributed by atoms with Gasteiger partial charge in [0, 0.05) is 45.5 Å². The Labute approximate surface area is 138 Å². The smallest absolute Gasteiger partial charge is 0.236 e. The number of hydrogen-bond donors (Lipinski definition) is 1. The molecule has 1 aromatic heterocycles. The van der Waals surface area contributed by atoms with Gasteiger partial charge in [-0.25, -0.2) is 4.98 Å². The Kier molecular flexibility index (Phi) is 4.82. The highest BCUT2D eigenvalue weighted by molar-refractivity contribution is 5.78. The predicted molar refractivity (Wildman–Crippen MR) is 91.2 cm³/mol. The number of rotatable bonds is 4. The fourth-order valence-corrected chi connectivity index (χ4v) is 3.37. The molecule has 2 fully saturated rings. The Morgan fingerprint density at radius 2 is 2.04 bits per heavy atom. The maximum Gasteiger partial charge on any atom is 0.236 e. The lowest BCUT2D eigenvalue weighted by molar-refractivity contribution is -0.131. The van der Waals surface area contributed by atoms with Crippen molar-refractivity contribution < 1.29 is 4.79 Å². The minimum atomic E-state index is 0.105. The van der Waals surface area contributed by atoms with Gasteiger partial charge >= 0.3 is 0 Å². The quantitative estimate of drug-likeness (QED) is 0.871. The van der Waals surface area contributed by atoms with Gasteiger partial charge in [0.15, 0.2) is 0 Å². The van der Waals surface area contributed by atoms with Crippen LogP contribution in [0.4, 0.5) is 5.82 Å². The summed E-state index contributed by atoms with van der Waals surface area (Å²) in [5.41, 5.74) is 5.93. The van der Waals surface area contributed by atoms with Gasteiger partial charge in [0.25, 0.3) is 0 Å². The monoisotopic (exact) mass is 317 g/mol. The molecular weight excluding hydrogens is 290 g/mol. The van der Waals surface area contributed by atoms with Gasteiger partial charge in [-0.05, 0) is 30.5 Å². The fraction of sp³-hybridized carbons (Fsp3) is 0.647. The van der Waals surface area contributed by atoms with Gasteiger partial charge < -0.3 is 15.5 Å². The first-order valence-corrected chi connectivity index (χ1v) is 8.46. The number of carbonyl (C=O) groups excluding carboxylic acids is 1. The van der Waals surface area contributed by atoms with Gasteiger partial charge in [-0.15, -0.1) is 0 Å². The molecule has 0 aliphatic carbocycles. The summed E-state index contributed by atoms with van der Waals surface area (Å²) in [5, 5.41) is 0. The highest BCUT2D eigenvalue weighted by Crippen LogP contribution is 2.28. The summed E-state index contributed by atoms with van der Waals surface area (Å²) in [6, 6.07) is 5.99. The van der Waals surface area contributed by atoms with E-state index in [2.05, 4.69) is 21.7 Å². The van der Waals surface area contributed by atoms with Gasteiger partial charge in [0.1, 0.15) is 5.82 Å². The second-order valence-electron chi connectivity index (χ2n) is 7.03. The van der Waals surface area contributed by atoms with Gasteiger partial charge in [0.05, 0.1) is 6.54 Å². The Bertz CT molecular complexity index is 529. The lowest BCUT2D eigenvalue weighted by Crippen LogP contribution is -2.50. The predicted octanol–water partition coefficient (Wildman–Crippen LogP) is 0.401. The van der Waals surface area contributed by atoms with Crippen molar-refractivity contribution in [1.82, 2.24) is 14.8 Å². The highest BCUT2D eigenvalue weighted by atomic mass is 16.2. The third-order valence-corrected chi connectivity index (χ3v) is 5.11. The summed E-state index contributed by atoms with van der Waals surface area (Å²) in [7, 11) is 0. The number of anilines is 1. The van der Waals surface area contributed by atoms with E-state index in [4.69, 9.17) is 5.73 Å². The molecule has 6 nitrogen and oxygen atoms in total. The van der Waals surface area contributed by atoms with Crippen molar-refractivity contribution in [1.29, 1.82) is 0 Å². The Morgan fingerprint density at radius 1 is 1.26 bits per heavy atom. The third-order valence-electron chi connectivity index (χ3n) is 5.11. The lowest BCUT2D eigenvalue weighted by atomic mass is 9.90. The molecule has 3 rings (SSSR count). The molecule has 1 unspecified atom stereocenters. The van der Waals surface area contributed by atoms with E-state index >= 15 is 0 Å². The molecular formula is C17H27N5O. The summed E-state index contributed by atoms with van der Waals surface area (Å²) < 4.78 is 0. The Hall–Kier alpha value is -1.66. The summed E-state index contributed by atoms with van der Waals surface area (Å²) in [4.78, 5) is 23.4. The standard InChI is InChI=1S/C17H27N5O/c1-17(13-18)5-7-22(14-17)16(23)12-20-8-10-21(11-9-20)15-4-2-3-6-19-15/h2-4,6H,5,7-14,18H2,1H3. The van der Waals surface area contributed by atoms with Crippen molar-refractivity contribution in [3.8, 4) is 0 Å². The van der Waals surface area contributed by atoms with Crippen LogP contribution in [0.15, 0.2) is 24.4 Å². The number of carbonyl (C=O) groups is 1. The number of amides is 1. The minimum absolute atomic E-state index is 0.105. The molecule has 0 spiro atoms. The van der Waals surface area contributed by atoms with E-state index in [1.165, 1.54) is 0 Å². The van der Waals surface area contributed by atoms with E-state index < -0.39 is 0 Å². The molecule has 0 radical (unpaired) electrons. The van der Waals surface area contributed by atoms with Crippen LogP contribution in [0, 0.1) is 5.41 Å². The number of aromatic nitrogens is 1. The maximum atomic E-state index is 12.5. The van der Waals surface area contributed by atoms with E-state index in [1.807, 2.05) is 29.3 Å². The minimum Gasteiger partial charge on any atom is -0.354 e. The van der Waals surface area contributed by atoms with Crippen molar-refractivity contribution in [2.75, 3.05) is 57.3 Å². The van der Waals surface area contributed by atoms with Gasteiger partial charge in [-0.3, -0.25) is 9.69 Å². The van der Waals surface area contributed by atoms with Crippen LogP contribution < -0.4 is 10.6 Å². The van der Waals surface area contributed by atoms with Gasteiger partial charge in [0.2, 0.25) is 5.91 Å². The van der Waals surface area contributed by atoms with Crippen molar-refractivity contribution in [2.45, 2.75) is 13.3 Å². The van der Waals surface area contributed by atoms with E-state index in [-0.39, 0.29) is 11.3 Å². The number of hydrogen-bond acceptors (Lipinski definition) is 5. The summed E-state index contributed by atoms with van der Waals surface area (Å²) in [6.45, 7) is 8.66. The number of likely N-dealkylation sites (tertiary alicyclic amines) is 1. The van der Waals surface area contributed by atoms with Crippen molar-refractivity contribution in [3.05, 3.63) is 24.4 Å². The summed E-state index contributed by atoms with van der Waals surface area (Å²) >= 11 is 0. The first-order valence-electron chi connectivity index (χ1n) is 8.46. The zero-order valence-electron chi connectivity index (χ0n) is 13.9. The largest absolute Gasteiger partial charge is 0.354 e. The third kappa shape index (κ3) is 3.82. The van der Waals surface area contributed by atoms with Crippen LogP contribution in [0.5, 0.6) is 0 Å². The highest BCUT2D eigenvalue weighted by Gasteiger charge is 2.35. The van der Waals surface area contributed by atoms with E-state index in [0.29, 0.717) is 13.1 Å². The van der Waals surface area contributed by atoms with Gasteiger partial charge in [-0.1, -0.05) is 13.0 Å². The van der Waals surface area contributed by atoms with Crippen LogP contribution in [0.1, 0.15) is 13.3 Å². The molecule has 0 aromatic carbocycles. The summed E-state index contributed by atoms with van der Waals surface area (Å²) in [5.74, 6) is 1.27. The van der Waals surface area contributed by atoms with Crippen LogP contribution >= 0.6 is 0 Å². The van der Waals surface area contributed by atoms with Crippen molar-refractivity contribution in [2.24, 2.45) is 11.1 Å². The molecule has 1 aromatic rings. The Morgan fingerprint density at radius 3 is 2.65 bits per heavy atom. The first kappa shape index (κ1) is 16.2. The molecule has 2 N–H and O–H groups in total. The number of pyridine rings is 1. The van der Waals surface area contributed by atoms with Crippen LogP contribution in [-0.2, 0) is 4.79 Å². The van der Waals surface area contributed by atoms with Crippen LogP contribution in [-0.4, -0.2) is 73.0 Å². The fourth-order valence-electron chi connectivity index (χ4n) is 3.37. The molecule has 1 atom stereocenters. The van der Waals surface area contributed by atoms with Crippen LogP contribution in [0.25, 0.3) is 0 Å². The van der Waals surface area contributed by atoms with Gasteiger partial charge in [-0.2, -0.15) is 0 Å². The van der Waals surface area contributed by atoms with E-state index in [0.717, 1.165) is 51.5 Å². The average Bonchev–Trinajstić information content (AvgIpc) is 3.00. The van der Waals surface area contributed by atoms with Crippen LogP contribution in [0.2, 0.25) is 0 Å². The van der Waals surface area contributed by atoms with Crippen molar-refractivity contribution in [3.63, 3.8) is 0 Å². The van der Waals surface area contributed by atoms with E-state index in [1.54, 1.807) is 0 Å². The zero-order valence-corrected chi connectivity index (χ0v) is 13.9. The second-order valence-corrected chi connectivity index (χ2v) is 7.03. The average molecular weight is 317 g/mol. The SMILES string of the molecule is CC1(CN)CCN(C(=O)CN2CCN(c3ccccn3)CC2)C1. The van der Waals surface area contributed by atoms with E-state index in [9.17, 15) is 4.79 Å². The molecule has 2 saturated heterocycles. The molecule has 2 aliphatic rings. The second kappa shape index (κ2) is 6.84. The molecule has 2 aliphatic heterocycles. The molecule has 126 valence electrons. The molecule has 0 bridgehead atoms. The van der Waals surface area contributed by atoms with Crippen molar-refractivity contribution >= 4 is 11.7 Å².